The summed E-state index contributed by atoms with van der Waals surface area (Å²) in [5, 5.41) is 0. The van der Waals surface area contributed by atoms with Gasteiger partial charge in [-0.25, -0.2) is 0 Å². The number of ether oxygens (including phenoxy) is 1. The van der Waals surface area contributed by atoms with E-state index in [2.05, 4.69) is 37.9 Å². The fourth-order valence-corrected chi connectivity index (χ4v) is 1.57. The van der Waals surface area contributed by atoms with Crippen LogP contribution in [0.1, 0.15) is 19.4 Å². The number of hydrogen-bond acceptors (Lipinski definition) is 3. The van der Waals surface area contributed by atoms with E-state index in [4.69, 9.17) is 10.5 Å². The number of benzene rings is 1. The Labute approximate surface area is 105 Å². The number of nitrogens with zero attached hydrogens (tertiary/aromatic N) is 1. The predicted octanol–water partition coefficient (Wildman–Crippen LogP) is 2.25. The van der Waals surface area contributed by atoms with Gasteiger partial charge in [-0.2, -0.15) is 0 Å². The van der Waals surface area contributed by atoms with Crippen LogP contribution in [0.2, 0.25) is 0 Å². The van der Waals surface area contributed by atoms with Gasteiger partial charge < -0.3 is 15.4 Å². The molecule has 0 amide bonds. The van der Waals surface area contributed by atoms with E-state index in [1.807, 2.05) is 12.1 Å². The molecule has 0 aliphatic heterocycles. The van der Waals surface area contributed by atoms with Gasteiger partial charge in [0.15, 0.2) is 0 Å². The van der Waals surface area contributed by atoms with Crippen LogP contribution in [-0.2, 0) is 11.3 Å². The first-order chi connectivity index (χ1) is 8.13. The molecule has 0 atom stereocenters. The molecule has 1 rings (SSSR count). The molecule has 0 aliphatic rings. The Balaban J connectivity index is 2.38. The first kappa shape index (κ1) is 14.0. The van der Waals surface area contributed by atoms with E-state index in [0.29, 0.717) is 12.5 Å². The molecule has 0 aromatic heterocycles. The van der Waals surface area contributed by atoms with Crippen LogP contribution < -0.4 is 10.6 Å². The van der Waals surface area contributed by atoms with Gasteiger partial charge in [-0.3, -0.25) is 0 Å². The van der Waals surface area contributed by atoms with Crippen LogP contribution in [0.25, 0.3) is 0 Å². The standard InChI is InChI=1S/C14H24N2O/c1-12(2)11-17-8-7-16(3)14-6-4-5-13(9-14)10-15/h4-6,9,12H,7-8,10-11,15H2,1-3H3. The highest BCUT2D eigenvalue weighted by Crippen LogP contribution is 2.14. The second-order valence-electron chi connectivity index (χ2n) is 4.76. The first-order valence-electron chi connectivity index (χ1n) is 6.21. The van der Waals surface area contributed by atoms with Gasteiger partial charge in [0, 0.05) is 32.4 Å². The second kappa shape index (κ2) is 7.30. The van der Waals surface area contributed by atoms with E-state index < -0.39 is 0 Å². The first-order valence-corrected chi connectivity index (χ1v) is 6.21. The number of nitrogens with two attached hydrogens (primary N) is 1. The van der Waals surface area contributed by atoms with Crippen molar-refractivity contribution < 1.29 is 4.74 Å². The van der Waals surface area contributed by atoms with Crippen LogP contribution in [0.15, 0.2) is 24.3 Å². The highest BCUT2D eigenvalue weighted by Gasteiger charge is 2.02. The van der Waals surface area contributed by atoms with Crippen molar-refractivity contribution in [2.24, 2.45) is 11.7 Å². The molecule has 1 aromatic carbocycles. The maximum atomic E-state index is 5.63. The minimum atomic E-state index is 0.589. The maximum absolute atomic E-state index is 5.63. The number of likely N-dealkylation sites (N-methyl/N-ethyl adjacent to an activating group) is 1. The van der Waals surface area contributed by atoms with Gasteiger partial charge in [-0.15, -0.1) is 0 Å². The quantitative estimate of drug-likeness (QED) is 0.738. The molecule has 1 aromatic rings. The molecule has 0 bridgehead atoms. The van der Waals surface area contributed by atoms with Crippen molar-refractivity contribution in [3.05, 3.63) is 29.8 Å². The largest absolute Gasteiger partial charge is 0.379 e. The molecule has 0 spiro atoms. The van der Waals surface area contributed by atoms with Gasteiger partial charge in [0.25, 0.3) is 0 Å². The summed E-state index contributed by atoms with van der Waals surface area (Å²) in [6.45, 7) is 7.41. The zero-order chi connectivity index (χ0) is 12.7. The average molecular weight is 236 g/mol. The predicted molar refractivity (Wildman–Crippen MR) is 73.3 cm³/mol. The molecular weight excluding hydrogens is 212 g/mol. The van der Waals surface area contributed by atoms with Crippen molar-refractivity contribution in [1.29, 1.82) is 0 Å². The van der Waals surface area contributed by atoms with Crippen molar-refractivity contribution in [3.63, 3.8) is 0 Å². The highest BCUT2D eigenvalue weighted by atomic mass is 16.5. The van der Waals surface area contributed by atoms with Gasteiger partial charge >= 0.3 is 0 Å². The number of anilines is 1. The molecule has 0 aliphatic carbocycles. The van der Waals surface area contributed by atoms with Gasteiger partial charge in [0.2, 0.25) is 0 Å². The van der Waals surface area contributed by atoms with Gasteiger partial charge in [0.1, 0.15) is 0 Å². The van der Waals surface area contributed by atoms with Gasteiger partial charge in [-0.05, 0) is 23.6 Å². The number of hydrogen-bond donors (Lipinski definition) is 1. The molecule has 17 heavy (non-hydrogen) atoms. The average Bonchev–Trinajstić information content (AvgIpc) is 2.34. The lowest BCUT2D eigenvalue weighted by molar-refractivity contribution is 0.116. The second-order valence-corrected chi connectivity index (χ2v) is 4.76. The van der Waals surface area contributed by atoms with Crippen LogP contribution >= 0.6 is 0 Å². The lowest BCUT2D eigenvalue weighted by atomic mass is 10.2. The van der Waals surface area contributed by atoms with Crippen molar-refractivity contribution in [2.75, 3.05) is 31.7 Å². The summed E-state index contributed by atoms with van der Waals surface area (Å²) in [6, 6.07) is 8.32. The Morgan fingerprint density at radius 3 is 2.76 bits per heavy atom. The smallest absolute Gasteiger partial charge is 0.0641 e. The van der Waals surface area contributed by atoms with Crippen molar-refractivity contribution in [1.82, 2.24) is 0 Å². The Kier molecular flexibility index (Phi) is 6.01. The van der Waals surface area contributed by atoms with Crippen molar-refractivity contribution in [3.8, 4) is 0 Å². The molecule has 3 heteroatoms. The fraction of sp³-hybridized carbons (Fsp3) is 0.571. The lowest BCUT2D eigenvalue weighted by Crippen LogP contribution is -2.23. The number of rotatable bonds is 7. The summed E-state index contributed by atoms with van der Waals surface area (Å²) in [7, 11) is 2.08. The molecule has 2 N–H and O–H groups in total. The molecule has 0 heterocycles. The third-order valence-corrected chi connectivity index (χ3v) is 2.61. The lowest BCUT2D eigenvalue weighted by Gasteiger charge is -2.20. The van der Waals surface area contributed by atoms with E-state index in [9.17, 15) is 0 Å². The molecular formula is C14H24N2O. The molecule has 0 radical (unpaired) electrons. The Morgan fingerprint density at radius 2 is 2.12 bits per heavy atom. The monoisotopic (exact) mass is 236 g/mol. The van der Waals surface area contributed by atoms with E-state index in [0.717, 1.165) is 25.3 Å². The summed E-state index contributed by atoms with van der Waals surface area (Å²) >= 11 is 0. The Hall–Kier alpha value is -1.06. The van der Waals surface area contributed by atoms with E-state index >= 15 is 0 Å². The van der Waals surface area contributed by atoms with Gasteiger partial charge in [0.05, 0.1) is 6.61 Å². The van der Waals surface area contributed by atoms with Crippen molar-refractivity contribution in [2.45, 2.75) is 20.4 Å². The Bertz CT molecular complexity index is 326. The Morgan fingerprint density at radius 1 is 1.35 bits per heavy atom. The topological polar surface area (TPSA) is 38.5 Å². The van der Waals surface area contributed by atoms with E-state index in [-0.39, 0.29) is 0 Å². The molecule has 3 nitrogen and oxygen atoms in total. The van der Waals surface area contributed by atoms with Crippen LogP contribution in [0.5, 0.6) is 0 Å². The normalized spacial score (nSPS) is 10.9. The minimum absolute atomic E-state index is 0.589. The zero-order valence-corrected chi connectivity index (χ0v) is 11.1. The zero-order valence-electron chi connectivity index (χ0n) is 11.1. The molecule has 0 unspecified atom stereocenters. The summed E-state index contributed by atoms with van der Waals surface area (Å²) in [4.78, 5) is 2.19. The SMILES string of the molecule is CC(C)COCCN(C)c1cccc(CN)c1. The highest BCUT2D eigenvalue weighted by molar-refractivity contribution is 5.47. The summed E-state index contributed by atoms with van der Waals surface area (Å²) < 4.78 is 5.58. The maximum Gasteiger partial charge on any atom is 0.0641 e. The van der Waals surface area contributed by atoms with Gasteiger partial charge in [-0.1, -0.05) is 26.0 Å². The molecule has 96 valence electrons. The molecule has 0 saturated heterocycles. The van der Waals surface area contributed by atoms with Crippen LogP contribution in [-0.4, -0.2) is 26.8 Å². The van der Waals surface area contributed by atoms with Crippen molar-refractivity contribution >= 4 is 5.69 Å². The minimum Gasteiger partial charge on any atom is -0.379 e. The molecule has 0 fully saturated rings. The molecule has 0 saturated carbocycles. The van der Waals surface area contributed by atoms with Crippen LogP contribution in [0, 0.1) is 5.92 Å². The van der Waals surface area contributed by atoms with Crippen LogP contribution in [0.4, 0.5) is 5.69 Å². The van der Waals surface area contributed by atoms with E-state index in [1.54, 1.807) is 0 Å². The van der Waals surface area contributed by atoms with Crippen LogP contribution in [0.3, 0.4) is 0 Å². The van der Waals surface area contributed by atoms with E-state index in [1.165, 1.54) is 5.69 Å². The summed E-state index contributed by atoms with van der Waals surface area (Å²) in [6.07, 6.45) is 0. The summed E-state index contributed by atoms with van der Waals surface area (Å²) in [5.41, 5.74) is 7.99. The summed E-state index contributed by atoms with van der Waals surface area (Å²) in [5.74, 6) is 0.598. The third-order valence-electron chi connectivity index (χ3n) is 2.61. The fourth-order valence-electron chi connectivity index (χ4n) is 1.57. The third kappa shape index (κ3) is 5.20.